The molecule has 1 saturated heterocycles. The molecule has 1 fully saturated rings. The zero-order valence-electron chi connectivity index (χ0n) is 16.2. The summed E-state index contributed by atoms with van der Waals surface area (Å²) in [6, 6.07) is 6.14. The van der Waals surface area contributed by atoms with Crippen LogP contribution in [0.15, 0.2) is 24.3 Å². The van der Waals surface area contributed by atoms with Crippen LogP contribution in [0.3, 0.4) is 0 Å². The van der Waals surface area contributed by atoms with Crippen molar-refractivity contribution in [3.05, 3.63) is 41.7 Å². The third-order valence-electron chi connectivity index (χ3n) is 5.61. The van der Waals surface area contributed by atoms with Crippen LogP contribution in [0.4, 0.5) is 4.39 Å². The fourth-order valence-electron chi connectivity index (χ4n) is 3.96. The van der Waals surface area contributed by atoms with Crippen LogP contribution < -0.4 is 4.74 Å². The highest BCUT2D eigenvalue weighted by atomic mass is 19.1. The highest BCUT2D eigenvalue weighted by molar-refractivity contribution is 5.78. The van der Waals surface area contributed by atoms with E-state index in [9.17, 15) is 9.18 Å². The van der Waals surface area contributed by atoms with Crippen LogP contribution in [0.2, 0.25) is 0 Å². The molecule has 0 N–H and O–H groups in total. The van der Waals surface area contributed by atoms with E-state index in [0.717, 1.165) is 50.5 Å². The average molecular weight is 387 g/mol. The van der Waals surface area contributed by atoms with Crippen molar-refractivity contribution in [3.63, 3.8) is 0 Å². The van der Waals surface area contributed by atoms with E-state index in [-0.39, 0.29) is 24.2 Å². The van der Waals surface area contributed by atoms with E-state index < -0.39 is 5.82 Å². The number of likely N-dealkylation sites (N-methyl/N-ethyl adjacent to an activating group) is 1. The number of hydrogen-bond donors (Lipinski definition) is 0. The standard InChI is InChI=1S/C20H26FN5O2/c1-24-10-8-18-22-23-20(26(18)12-11-24)15-5-4-9-25(13-15)19(27)14-28-17-7-3-2-6-16(17)21/h2-3,6-7,15H,4-5,8-14H2,1H3/t15-/m1/s1. The molecule has 3 heterocycles. The number of hydrogen-bond acceptors (Lipinski definition) is 5. The summed E-state index contributed by atoms with van der Waals surface area (Å²) < 4.78 is 21.3. The Bertz CT molecular complexity index is 840. The Labute approximate surface area is 164 Å². The largest absolute Gasteiger partial charge is 0.481 e. The molecule has 7 nitrogen and oxygen atoms in total. The number of fused-ring (bicyclic) bond motifs is 1. The van der Waals surface area contributed by atoms with Gasteiger partial charge in [0.05, 0.1) is 0 Å². The van der Waals surface area contributed by atoms with E-state index in [4.69, 9.17) is 4.74 Å². The van der Waals surface area contributed by atoms with Crippen LogP contribution in [-0.2, 0) is 17.8 Å². The third kappa shape index (κ3) is 4.01. The molecule has 2 aromatic rings. The van der Waals surface area contributed by atoms with E-state index in [1.165, 1.54) is 12.1 Å². The van der Waals surface area contributed by atoms with Crippen molar-refractivity contribution >= 4 is 5.91 Å². The number of rotatable bonds is 4. The van der Waals surface area contributed by atoms with E-state index in [0.29, 0.717) is 13.1 Å². The van der Waals surface area contributed by atoms with Crippen molar-refractivity contribution in [3.8, 4) is 5.75 Å². The summed E-state index contributed by atoms with van der Waals surface area (Å²) in [7, 11) is 2.12. The number of carbonyl (C=O) groups is 1. The predicted octanol–water partition coefficient (Wildman–Crippen LogP) is 1.69. The first-order valence-corrected chi connectivity index (χ1v) is 9.87. The second kappa shape index (κ2) is 8.26. The first-order valence-electron chi connectivity index (χ1n) is 9.87. The van der Waals surface area contributed by atoms with Crippen LogP contribution in [0.5, 0.6) is 5.75 Å². The minimum absolute atomic E-state index is 0.108. The molecule has 0 aliphatic carbocycles. The lowest BCUT2D eigenvalue weighted by Crippen LogP contribution is -2.42. The fraction of sp³-hybridized carbons (Fsp3) is 0.550. The predicted molar refractivity (Wildman–Crippen MR) is 102 cm³/mol. The van der Waals surface area contributed by atoms with Gasteiger partial charge in [-0.2, -0.15) is 0 Å². The van der Waals surface area contributed by atoms with E-state index in [2.05, 4.69) is 26.7 Å². The number of carbonyl (C=O) groups excluding carboxylic acids is 1. The second-order valence-corrected chi connectivity index (χ2v) is 7.58. The van der Waals surface area contributed by atoms with Crippen molar-refractivity contribution in [2.45, 2.75) is 31.7 Å². The number of likely N-dealkylation sites (tertiary alicyclic amines) is 1. The van der Waals surface area contributed by atoms with E-state index >= 15 is 0 Å². The zero-order valence-corrected chi connectivity index (χ0v) is 16.2. The van der Waals surface area contributed by atoms with Gasteiger partial charge in [-0.05, 0) is 32.0 Å². The summed E-state index contributed by atoms with van der Waals surface area (Å²) >= 11 is 0. The van der Waals surface area contributed by atoms with Crippen LogP contribution in [-0.4, -0.2) is 70.3 Å². The lowest BCUT2D eigenvalue weighted by Gasteiger charge is -2.32. The minimum Gasteiger partial charge on any atom is -0.481 e. The molecule has 2 aliphatic heterocycles. The van der Waals surface area contributed by atoms with Crippen molar-refractivity contribution in [1.82, 2.24) is 24.6 Å². The number of nitrogens with zero attached hydrogens (tertiary/aromatic N) is 5. The Morgan fingerprint density at radius 1 is 1.21 bits per heavy atom. The Kier molecular flexibility index (Phi) is 5.57. The molecule has 1 aromatic heterocycles. The summed E-state index contributed by atoms with van der Waals surface area (Å²) in [6.07, 6.45) is 2.81. The molecule has 0 radical (unpaired) electrons. The topological polar surface area (TPSA) is 63.5 Å². The first-order chi connectivity index (χ1) is 13.6. The van der Waals surface area contributed by atoms with Crippen LogP contribution in [0, 0.1) is 5.82 Å². The monoisotopic (exact) mass is 387 g/mol. The molecule has 2 aliphatic rings. The normalized spacial score (nSPS) is 20.5. The molecule has 1 amide bonds. The summed E-state index contributed by atoms with van der Waals surface area (Å²) in [6.45, 7) is 3.99. The van der Waals surface area contributed by atoms with Crippen molar-refractivity contribution in [1.29, 1.82) is 0 Å². The van der Waals surface area contributed by atoms with Crippen LogP contribution >= 0.6 is 0 Å². The van der Waals surface area contributed by atoms with Gasteiger partial charge in [0.2, 0.25) is 0 Å². The Morgan fingerprint density at radius 3 is 2.93 bits per heavy atom. The lowest BCUT2D eigenvalue weighted by molar-refractivity contribution is -0.134. The number of amides is 1. The van der Waals surface area contributed by atoms with Gasteiger partial charge in [-0.15, -0.1) is 10.2 Å². The third-order valence-corrected chi connectivity index (χ3v) is 5.61. The fourth-order valence-corrected chi connectivity index (χ4v) is 3.96. The minimum atomic E-state index is -0.456. The van der Waals surface area contributed by atoms with Gasteiger partial charge >= 0.3 is 0 Å². The molecule has 8 heteroatoms. The van der Waals surface area contributed by atoms with Crippen LogP contribution in [0.25, 0.3) is 0 Å². The van der Waals surface area contributed by atoms with Gasteiger partial charge in [-0.25, -0.2) is 4.39 Å². The molecule has 0 spiro atoms. The molecule has 0 unspecified atom stereocenters. The molecule has 4 rings (SSSR count). The maximum absolute atomic E-state index is 13.7. The second-order valence-electron chi connectivity index (χ2n) is 7.58. The molecule has 1 aromatic carbocycles. The van der Waals surface area contributed by atoms with Crippen LogP contribution in [0.1, 0.15) is 30.4 Å². The van der Waals surface area contributed by atoms with Gasteiger partial charge in [-0.3, -0.25) is 4.79 Å². The number of ether oxygens (including phenoxy) is 1. The molecule has 150 valence electrons. The zero-order chi connectivity index (χ0) is 19.5. The average Bonchev–Trinajstić information content (AvgIpc) is 3.03. The van der Waals surface area contributed by atoms with Gasteiger partial charge in [0.15, 0.2) is 18.2 Å². The molecule has 0 saturated carbocycles. The molecule has 0 bridgehead atoms. The molecular formula is C20H26FN5O2. The maximum atomic E-state index is 13.7. The van der Waals surface area contributed by atoms with Crippen molar-refractivity contribution < 1.29 is 13.9 Å². The summed E-state index contributed by atoms with van der Waals surface area (Å²) in [5, 5.41) is 8.86. The maximum Gasteiger partial charge on any atom is 0.260 e. The van der Waals surface area contributed by atoms with Crippen molar-refractivity contribution in [2.24, 2.45) is 0 Å². The number of para-hydroxylation sites is 1. The van der Waals surface area contributed by atoms with Gasteiger partial charge < -0.3 is 19.1 Å². The van der Waals surface area contributed by atoms with Gasteiger partial charge in [0.25, 0.3) is 5.91 Å². The Balaban J connectivity index is 1.40. The van der Waals surface area contributed by atoms with Crippen molar-refractivity contribution in [2.75, 3.05) is 39.8 Å². The lowest BCUT2D eigenvalue weighted by atomic mass is 9.97. The summed E-state index contributed by atoms with van der Waals surface area (Å²) in [4.78, 5) is 16.7. The quantitative estimate of drug-likeness (QED) is 0.799. The van der Waals surface area contributed by atoms with Gasteiger partial charge in [-0.1, -0.05) is 12.1 Å². The summed E-state index contributed by atoms with van der Waals surface area (Å²) in [5.41, 5.74) is 0. The number of benzene rings is 1. The number of halogens is 1. The number of aromatic nitrogens is 3. The van der Waals surface area contributed by atoms with Gasteiger partial charge in [0, 0.05) is 45.1 Å². The SMILES string of the molecule is CN1CCc2nnc([C@@H]3CCCN(C(=O)COc4ccccc4F)C3)n2CC1. The summed E-state index contributed by atoms with van der Waals surface area (Å²) in [5.74, 6) is 1.72. The van der Waals surface area contributed by atoms with Gasteiger partial charge in [0.1, 0.15) is 11.6 Å². The molecule has 28 heavy (non-hydrogen) atoms. The number of piperidine rings is 1. The molecule has 1 atom stereocenters. The van der Waals surface area contributed by atoms with E-state index in [1.807, 2.05) is 0 Å². The smallest absolute Gasteiger partial charge is 0.260 e. The van der Waals surface area contributed by atoms with E-state index in [1.54, 1.807) is 17.0 Å². The Hall–Kier alpha value is -2.48. The first kappa shape index (κ1) is 18.9. The highest BCUT2D eigenvalue weighted by Crippen LogP contribution is 2.27. The Morgan fingerprint density at radius 2 is 2.07 bits per heavy atom. The molecular weight excluding hydrogens is 361 g/mol. The highest BCUT2D eigenvalue weighted by Gasteiger charge is 2.30.